The summed E-state index contributed by atoms with van der Waals surface area (Å²) in [4.78, 5) is 8.39. The zero-order valence-corrected chi connectivity index (χ0v) is 12.4. The van der Waals surface area contributed by atoms with Gasteiger partial charge >= 0.3 is 0 Å². The Balaban J connectivity index is 2.53. The first-order valence-electron chi connectivity index (χ1n) is 5.43. The van der Waals surface area contributed by atoms with E-state index in [4.69, 9.17) is 22.2 Å². The fraction of sp³-hybridized carbons (Fsp3) is 0.167. The largest absolute Gasteiger partial charge is 0.480 e. The van der Waals surface area contributed by atoms with Gasteiger partial charge in [0, 0.05) is 21.9 Å². The number of nitrogens with one attached hydrogen (secondary N) is 1. The van der Waals surface area contributed by atoms with Gasteiger partial charge < -0.3 is 4.74 Å². The molecule has 2 rings (SSSR count). The van der Waals surface area contributed by atoms with Gasteiger partial charge in [0.1, 0.15) is 5.69 Å². The summed E-state index contributed by atoms with van der Waals surface area (Å²) in [6.45, 7) is 0. The maximum absolute atomic E-state index is 6.02. The molecule has 0 bridgehead atoms. The molecule has 1 aromatic carbocycles. The van der Waals surface area contributed by atoms with E-state index in [1.807, 2.05) is 12.1 Å². The molecule has 0 spiro atoms. The number of ether oxygens (including phenoxy) is 1. The summed E-state index contributed by atoms with van der Waals surface area (Å²) in [5.41, 5.74) is 4.15. The Kier molecular flexibility index (Phi) is 4.71. The molecule has 1 atom stereocenters. The van der Waals surface area contributed by atoms with E-state index in [1.54, 1.807) is 18.5 Å². The molecule has 0 aliphatic heterocycles. The van der Waals surface area contributed by atoms with Gasteiger partial charge in [0.05, 0.1) is 13.2 Å². The van der Waals surface area contributed by atoms with Gasteiger partial charge in [0.15, 0.2) is 0 Å². The van der Waals surface area contributed by atoms with Crippen molar-refractivity contribution in [1.82, 2.24) is 15.4 Å². The van der Waals surface area contributed by atoms with Crippen LogP contribution in [0.3, 0.4) is 0 Å². The Hall–Kier alpha value is -1.21. The molecule has 1 unspecified atom stereocenters. The van der Waals surface area contributed by atoms with E-state index in [9.17, 15) is 0 Å². The molecule has 0 aliphatic rings. The molecule has 100 valence electrons. The van der Waals surface area contributed by atoms with Crippen molar-refractivity contribution in [3.05, 3.63) is 51.3 Å². The van der Waals surface area contributed by atoms with Gasteiger partial charge in [-0.25, -0.2) is 10.4 Å². The number of nitrogens with two attached hydrogens (primary N) is 1. The first-order valence-corrected chi connectivity index (χ1v) is 6.60. The minimum absolute atomic E-state index is 0.378. The summed E-state index contributed by atoms with van der Waals surface area (Å²) >= 11 is 9.49. The molecule has 0 amide bonds. The third-order valence-corrected chi connectivity index (χ3v) is 3.55. The highest BCUT2D eigenvalue weighted by molar-refractivity contribution is 9.10. The van der Waals surface area contributed by atoms with Crippen molar-refractivity contribution < 1.29 is 4.74 Å². The second-order valence-corrected chi connectivity index (χ2v) is 5.01. The van der Waals surface area contributed by atoms with Crippen molar-refractivity contribution in [2.24, 2.45) is 5.84 Å². The molecule has 7 heteroatoms. The number of hydrogen-bond donors (Lipinski definition) is 2. The van der Waals surface area contributed by atoms with E-state index < -0.39 is 0 Å². The van der Waals surface area contributed by atoms with Crippen molar-refractivity contribution in [2.45, 2.75) is 6.04 Å². The van der Waals surface area contributed by atoms with Crippen LogP contribution in [0.15, 0.2) is 35.1 Å². The van der Waals surface area contributed by atoms with Gasteiger partial charge in [-0.1, -0.05) is 27.5 Å². The molecule has 2 aromatic rings. The number of aromatic nitrogens is 2. The smallest absolute Gasteiger partial charge is 0.237 e. The third-order valence-electron chi connectivity index (χ3n) is 2.59. The van der Waals surface area contributed by atoms with Crippen LogP contribution in [0.4, 0.5) is 0 Å². The van der Waals surface area contributed by atoms with Crippen LogP contribution in [0.2, 0.25) is 5.02 Å². The van der Waals surface area contributed by atoms with Crippen LogP contribution >= 0.6 is 27.5 Å². The van der Waals surface area contributed by atoms with Crippen LogP contribution in [0.5, 0.6) is 5.88 Å². The standard InChI is InChI=1S/C12H12BrClN4O/c1-19-12-11(16-4-5-17-12)10(18-15)8-6-7(14)2-3-9(8)13/h2-6,10,18H,15H2,1H3. The minimum Gasteiger partial charge on any atom is -0.480 e. The first-order chi connectivity index (χ1) is 9.17. The first kappa shape index (κ1) is 14.2. The SMILES string of the molecule is COc1nccnc1C(NN)c1cc(Cl)ccc1Br. The highest BCUT2D eigenvalue weighted by atomic mass is 79.9. The van der Waals surface area contributed by atoms with Crippen LogP contribution < -0.4 is 16.0 Å². The molecular weight excluding hydrogens is 332 g/mol. The summed E-state index contributed by atoms with van der Waals surface area (Å²) in [5, 5.41) is 0.612. The average molecular weight is 344 g/mol. The second-order valence-electron chi connectivity index (χ2n) is 3.72. The number of methoxy groups -OCH3 is 1. The molecule has 0 fully saturated rings. The van der Waals surface area contributed by atoms with Gasteiger partial charge in [-0.15, -0.1) is 0 Å². The predicted octanol–water partition coefficient (Wildman–Crippen LogP) is 2.45. The number of rotatable bonds is 4. The van der Waals surface area contributed by atoms with E-state index >= 15 is 0 Å². The summed E-state index contributed by atoms with van der Waals surface area (Å²) < 4.78 is 6.07. The Labute approximate surface area is 124 Å². The Morgan fingerprint density at radius 1 is 1.37 bits per heavy atom. The van der Waals surface area contributed by atoms with Crippen molar-refractivity contribution in [3.63, 3.8) is 0 Å². The zero-order chi connectivity index (χ0) is 13.8. The van der Waals surface area contributed by atoms with E-state index in [0.29, 0.717) is 16.6 Å². The van der Waals surface area contributed by atoms with Gasteiger partial charge in [-0.05, 0) is 23.8 Å². The van der Waals surface area contributed by atoms with Crippen molar-refractivity contribution in [2.75, 3.05) is 7.11 Å². The molecule has 0 saturated heterocycles. The molecule has 0 aliphatic carbocycles. The molecule has 3 N–H and O–H groups in total. The maximum Gasteiger partial charge on any atom is 0.237 e. The lowest BCUT2D eigenvalue weighted by molar-refractivity contribution is 0.383. The Bertz CT molecular complexity index is 581. The molecule has 1 aromatic heterocycles. The van der Waals surface area contributed by atoms with Gasteiger partial charge in [-0.2, -0.15) is 0 Å². The molecule has 5 nitrogen and oxygen atoms in total. The Morgan fingerprint density at radius 3 is 2.79 bits per heavy atom. The summed E-state index contributed by atoms with van der Waals surface area (Å²) in [6, 6.07) is 5.07. The summed E-state index contributed by atoms with van der Waals surface area (Å²) in [7, 11) is 1.54. The number of hydrogen-bond acceptors (Lipinski definition) is 5. The lowest BCUT2D eigenvalue weighted by atomic mass is 10.0. The van der Waals surface area contributed by atoms with Gasteiger partial charge in [0.25, 0.3) is 0 Å². The molecular formula is C12H12BrClN4O. The quantitative estimate of drug-likeness (QED) is 0.659. The van der Waals surface area contributed by atoms with Crippen LogP contribution in [0.25, 0.3) is 0 Å². The van der Waals surface area contributed by atoms with E-state index in [2.05, 4.69) is 31.3 Å². The van der Waals surface area contributed by atoms with Crippen LogP contribution in [0, 0.1) is 0 Å². The number of hydrazine groups is 1. The predicted molar refractivity (Wildman–Crippen MR) is 76.9 cm³/mol. The number of benzene rings is 1. The lowest BCUT2D eigenvalue weighted by Crippen LogP contribution is -2.30. The molecule has 19 heavy (non-hydrogen) atoms. The maximum atomic E-state index is 6.02. The van der Waals surface area contributed by atoms with Crippen molar-refractivity contribution >= 4 is 27.5 Å². The highest BCUT2D eigenvalue weighted by Gasteiger charge is 2.21. The molecule has 0 saturated carbocycles. The normalized spacial score (nSPS) is 12.2. The van der Waals surface area contributed by atoms with E-state index in [0.717, 1.165) is 10.0 Å². The van der Waals surface area contributed by atoms with Crippen molar-refractivity contribution in [1.29, 1.82) is 0 Å². The fourth-order valence-electron chi connectivity index (χ4n) is 1.74. The summed E-state index contributed by atoms with van der Waals surface area (Å²) in [5.74, 6) is 6.06. The zero-order valence-electron chi connectivity index (χ0n) is 10.1. The highest BCUT2D eigenvalue weighted by Crippen LogP contribution is 2.32. The van der Waals surface area contributed by atoms with Crippen molar-refractivity contribution in [3.8, 4) is 5.88 Å². The topological polar surface area (TPSA) is 73.1 Å². The van der Waals surface area contributed by atoms with Crippen LogP contribution in [-0.2, 0) is 0 Å². The monoisotopic (exact) mass is 342 g/mol. The van der Waals surface area contributed by atoms with Crippen LogP contribution in [-0.4, -0.2) is 17.1 Å². The Morgan fingerprint density at radius 2 is 2.11 bits per heavy atom. The van der Waals surface area contributed by atoms with Gasteiger partial charge in [0.2, 0.25) is 5.88 Å². The lowest BCUT2D eigenvalue weighted by Gasteiger charge is -2.19. The molecule has 0 radical (unpaired) electrons. The number of halogens is 2. The second kappa shape index (κ2) is 6.29. The number of nitrogens with zero attached hydrogens (tertiary/aromatic N) is 2. The molecule has 1 heterocycles. The van der Waals surface area contributed by atoms with E-state index in [-0.39, 0.29) is 6.04 Å². The van der Waals surface area contributed by atoms with E-state index in [1.165, 1.54) is 7.11 Å². The summed E-state index contributed by atoms with van der Waals surface area (Å²) in [6.07, 6.45) is 3.14. The average Bonchev–Trinajstić information content (AvgIpc) is 2.44. The van der Waals surface area contributed by atoms with Crippen LogP contribution in [0.1, 0.15) is 17.3 Å². The fourth-order valence-corrected chi connectivity index (χ4v) is 2.40. The third kappa shape index (κ3) is 3.03. The van der Waals surface area contributed by atoms with Gasteiger partial charge in [-0.3, -0.25) is 10.8 Å². The minimum atomic E-state index is -0.378.